The predicted molar refractivity (Wildman–Crippen MR) is 59.7 cm³/mol. The van der Waals surface area contributed by atoms with Crippen molar-refractivity contribution in [1.29, 1.82) is 0 Å². The van der Waals surface area contributed by atoms with Gasteiger partial charge < -0.3 is 10.5 Å². The van der Waals surface area contributed by atoms with Crippen LogP contribution < -0.4 is 5.73 Å². The third kappa shape index (κ3) is 4.20. The van der Waals surface area contributed by atoms with Gasteiger partial charge in [-0.25, -0.2) is 4.39 Å². The van der Waals surface area contributed by atoms with Crippen LogP contribution in [-0.4, -0.2) is 18.6 Å². The van der Waals surface area contributed by atoms with E-state index in [2.05, 4.69) is 4.74 Å². The Balaban J connectivity index is 2.83. The maximum Gasteiger partial charge on any atom is 0.416 e. The molecule has 1 unspecified atom stereocenters. The number of esters is 1. The molecular formula is C12H13F4NO2. The number of ether oxygens (including phenoxy) is 1. The molecule has 7 heteroatoms. The zero-order valence-corrected chi connectivity index (χ0v) is 10.1. The third-order valence-electron chi connectivity index (χ3n) is 2.41. The van der Waals surface area contributed by atoms with Crippen LogP contribution in [0.4, 0.5) is 17.6 Å². The Labute approximate surface area is 107 Å². The lowest BCUT2D eigenvalue weighted by molar-refractivity contribution is -0.144. The molecule has 0 saturated carbocycles. The second kappa shape index (κ2) is 6.01. The molecule has 1 aromatic carbocycles. The van der Waals surface area contributed by atoms with Crippen LogP contribution in [0.25, 0.3) is 0 Å². The van der Waals surface area contributed by atoms with E-state index >= 15 is 0 Å². The summed E-state index contributed by atoms with van der Waals surface area (Å²) >= 11 is 0. The van der Waals surface area contributed by atoms with Crippen molar-refractivity contribution in [2.75, 3.05) is 6.61 Å². The minimum Gasteiger partial charge on any atom is -0.465 e. The van der Waals surface area contributed by atoms with Crippen LogP contribution in [0.1, 0.15) is 18.1 Å². The normalized spacial score (nSPS) is 13.2. The van der Waals surface area contributed by atoms with Crippen LogP contribution in [0.15, 0.2) is 18.2 Å². The molecule has 1 aromatic rings. The Hall–Kier alpha value is -1.63. The standard InChI is InChI=1S/C12H13F4NO2/c1-2-19-11(18)10(17)5-7-3-4-8(6-9(7)13)12(14,15)16/h3-4,6,10H,2,5,17H2,1H3. The van der Waals surface area contributed by atoms with Crippen molar-refractivity contribution in [3.63, 3.8) is 0 Å². The number of nitrogens with two attached hydrogens (primary N) is 1. The summed E-state index contributed by atoms with van der Waals surface area (Å²) in [7, 11) is 0. The number of benzene rings is 1. The minimum absolute atomic E-state index is 0.0615. The first-order valence-electron chi connectivity index (χ1n) is 5.53. The monoisotopic (exact) mass is 279 g/mol. The topological polar surface area (TPSA) is 52.3 Å². The van der Waals surface area contributed by atoms with Crippen LogP contribution in [0.3, 0.4) is 0 Å². The van der Waals surface area contributed by atoms with Crippen molar-refractivity contribution in [2.45, 2.75) is 25.6 Å². The molecule has 0 aliphatic rings. The van der Waals surface area contributed by atoms with Gasteiger partial charge in [-0.15, -0.1) is 0 Å². The molecule has 3 nitrogen and oxygen atoms in total. The molecule has 106 valence electrons. The summed E-state index contributed by atoms with van der Waals surface area (Å²) in [5.74, 6) is -1.77. The van der Waals surface area contributed by atoms with E-state index in [1.165, 1.54) is 0 Å². The second-order valence-corrected chi connectivity index (χ2v) is 3.87. The summed E-state index contributed by atoms with van der Waals surface area (Å²) in [6.45, 7) is 1.71. The van der Waals surface area contributed by atoms with E-state index in [1.807, 2.05) is 0 Å². The molecule has 0 aromatic heterocycles. The fraction of sp³-hybridized carbons (Fsp3) is 0.417. The summed E-state index contributed by atoms with van der Waals surface area (Å²) in [6.07, 6.45) is -4.83. The van der Waals surface area contributed by atoms with E-state index in [1.54, 1.807) is 6.92 Å². The van der Waals surface area contributed by atoms with Crippen LogP contribution in [0.2, 0.25) is 0 Å². The highest BCUT2D eigenvalue weighted by atomic mass is 19.4. The summed E-state index contributed by atoms with van der Waals surface area (Å²) in [5, 5.41) is 0. The van der Waals surface area contributed by atoms with E-state index in [-0.39, 0.29) is 18.6 Å². The van der Waals surface area contributed by atoms with E-state index in [4.69, 9.17) is 5.73 Å². The lowest BCUT2D eigenvalue weighted by Gasteiger charge is -2.12. The zero-order valence-electron chi connectivity index (χ0n) is 10.1. The van der Waals surface area contributed by atoms with Gasteiger partial charge in [0.2, 0.25) is 0 Å². The number of rotatable bonds is 4. The number of hydrogen-bond donors (Lipinski definition) is 1. The van der Waals surface area contributed by atoms with Gasteiger partial charge >= 0.3 is 12.1 Å². The molecule has 0 saturated heterocycles. The average Bonchev–Trinajstić information content (AvgIpc) is 2.30. The second-order valence-electron chi connectivity index (χ2n) is 3.87. The van der Waals surface area contributed by atoms with Crippen molar-refractivity contribution < 1.29 is 27.1 Å². The largest absolute Gasteiger partial charge is 0.465 e. The van der Waals surface area contributed by atoms with E-state index in [9.17, 15) is 22.4 Å². The van der Waals surface area contributed by atoms with Gasteiger partial charge in [-0.1, -0.05) is 6.07 Å². The highest BCUT2D eigenvalue weighted by Gasteiger charge is 2.31. The fourth-order valence-corrected chi connectivity index (χ4v) is 1.46. The molecule has 1 rings (SSSR count). The van der Waals surface area contributed by atoms with Gasteiger partial charge in [0.15, 0.2) is 0 Å². The van der Waals surface area contributed by atoms with E-state index < -0.39 is 29.6 Å². The summed E-state index contributed by atoms with van der Waals surface area (Å²) < 4.78 is 55.1. The highest BCUT2D eigenvalue weighted by molar-refractivity contribution is 5.75. The molecular weight excluding hydrogens is 266 g/mol. The van der Waals surface area contributed by atoms with Crippen molar-refractivity contribution in [2.24, 2.45) is 5.73 Å². The Morgan fingerprint density at radius 3 is 2.53 bits per heavy atom. The quantitative estimate of drug-likeness (QED) is 0.679. The van der Waals surface area contributed by atoms with Gasteiger partial charge in [0.1, 0.15) is 11.9 Å². The molecule has 0 fully saturated rings. The Morgan fingerprint density at radius 1 is 1.42 bits per heavy atom. The van der Waals surface area contributed by atoms with Gasteiger partial charge in [0.05, 0.1) is 12.2 Å². The number of carbonyl (C=O) groups excluding carboxylic acids is 1. The minimum atomic E-state index is -4.61. The van der Waals surface area contributed by atoms with Crippen molar-refractivity contribution in [3.8, 4) is 0 Å². The summed E-state index contributed by atoms with van der Waals surface area (Å²) in [5.41, 5.74) is 4.32. The Kier molecular flexibility index (Phi) is 4.88. The van der Waals surface area contributed by atoms with Crippen LogP contribution >= 0.6 is 0 Å². The molecule has 0 spiro atoms. The SMILES string of the molecule is CCOC(=O)C(N)Cc1ccc(C(F)(F)F)cc1F. The molecule has 2 N–H and O–H groups in total. The van der Waals surface area contributed by atoms with Crippen molar-refractivity contribution in [1.82, 2.24) is 0 Å². The van der Waals surface area contributed by atoms with Crippen molar-refractivity contribution >= 4 is 5.97 Å². The molecule has 0 aliphatic carbocycles. The fourth-order valence-electron chi connectivity index (χ4n) is 1.46. The molecule has 0 aliphatic heterocycles. The molecule has 1 atom stereocenters. The molecule has 0 heterocycles. The molecule has 19 heavy (non-hydrogen) atoms. The maximum absolute atomic E-state index is 13.5. The molecule has 0 radical (unpaired) electrons. The van der Waals surface area contributed by atoms with Gasteiger partial charge in [-0.3, -0.25) is 4.79 Å². The Morgan fingerprint density at radius 2 is 2.05 bits per heavy atom. The van der Waals surface area contributed by atoms with Gasteiger partial charge in [-0.05, 0) is 24.6 Å². The first-order chi connectivity index (χ1) is 8.75. The zero-order chi connectivity index (χ0) is 14.6. The van der Waals surface area contributed by atoms with Crippen LogP contribution in [-0.2, 0) is 22.1 Å². The van der Waals surface area contributed by atoms with Gasteiger partial charge in [-0.2, -0.15) is 13.2 Å². The molecule has 0 amide bonds. The van der Waals surface area contributed by atoms with E-state index in [0.717, 1.165) is 12.1 Å². The third-order valence-corrected chi connectivity index (χ3v) is 2.41. The highest BCUT2D eigenvalue weighted by Crippen LogP contribution is 2.30. The lowest BCUT2D eigenvalue weighted by atomic mass is 10.0. The van der Waals surface area contributed by atoms with Gasteiger partial charge in [0, 0.05) is 6.42 Å². The van der Waals surface area contributed by atoms with Crippen LogP contribution in [0, 0.1) is 5.82 Å². The number of carbonyl (C=O) groups is 1. The smallest absolute Gasteiger partial charge is 0.416 e. The summed E-state index contributed by atoms with van der Waals surface area (Å²) in [4.78, 5) is 11.2. The van der Waals surface area contributed by atoms with E-state index in [0.29, 0.717) is 6.07 Å². The predicted octanol–water partition coefficient (Wildman–Crippen LogP) is 2.28. The Bertz CT molecular complexity index is 460. The first-order valence-corrected chi connectivity index (χ1v) is 5.53. The van der Waals surface area contributed by atoms with Crippen molar-refractivity contribution in [3.05, 3.63) is 35.1 Å². The van der Waals surface area contributed by atoms with Crippen LogP contribution in [0.5, 0.6) is 0 Å². The molecule has 0 bridgehead atoms. The average molecular weight is 279 g/mol. The number of halogens is 4. The number of hydrogen-bond acceptors (Lipinski definition) is 3. The first kappa shape index (κ1) is 15.4. The van der Waals surface area contributed by atoms with Gasteiger partial charge in [0.25, 0.3) is 0 Å². The lowest BCUT2D eigenvalue weighted by Crippen LogP contribution is -2.34. The summed E-state index contributed by atoms with van der Waals surface area (Å²) in [6, 6.07) is 0.993. The maximum atomic E-state index is 13.5. The number of alkyl halides is 3.